The van der Waals surface area contributed by atoms with Gasteiger partial charge in [0.2, 0.25) is 0 Å². The highest BCUT2D eigenvalue weighted by atomic mass is 35.5. The van der Waals surface area contributed by atoms with Crippen molar-refractivity contribution in [3.63, 3.8) is 0 Å². The third-order valence-electron chi connectivity index (χ3n) is 7.20. The Labute approximate surface area is 206 Å². The van der Waals surface area contributed by atoms with E-state index in [1.54, 1.807) is 0 Å². The lowest BCUT2D eigenvalue weighted by Gasteiger charge is -2.44. The molecule has 0 aromatic heterocycles. The number of halogens is 1. The first-order valence-electron chi connectivity index (χ1n) is 12.2. The van der Waals surface area contributed by atoms with Crippen LogP contribution in [0.25, 0.3) is 0 Å². The van der Waals surface area contributed by atoms with E-state index in [4.69, 9.17) is 16.3 Å². The van der Waals surface area contributed by atoms with Crippen molar-refractivity contribution in [3.8, 4) is 0 Å². The molecule has 0 fully saturated rings. The highest BCUT2D eigenvalue weighted by Gasteiger charge is 2.36. The van der Waals surface area contributed by atoms with Gasteiger partial charge < -0.3 is 9.64 Å². The lowest BCUT2D eigenvalue weighted by Crippen LogP contribution is -2.38. The Morgan fingerprint density at radius 2 is 1.62 bits per heavy atom. The first kappa shape index (κ1) is 22.8. The summed E-state index contributed by atoms with van der Waals surface area (Å²) in [5, 5.41) is 3.05. The fraction of sp³-hybridized carbons (Fsp3) is 0.345. The molecule has 2 atom stereocenters. The second-order valence-corrected chi connectivity index (χ2v) is 9.57. The van der Waals surface area contributed by atoms with Crippen LogP contribution >= 0.6 is 11.6 Å². The Morgan fingerprint density at radius 3 is 2.26 bits per heavy atom. The van der Waals surface area contributed by atoms with E-state index in [0.29, 0.717) is 30.7 Å². The summed E-state index contributed by atoms with van der Waals surface area (Å²) in [6.07, 6.45) is 2.35. The fourth-order valence-corrected chi connectivity index (χ4v) is 5.72. The first-order valence-corrected chi connectivity index (χ1v) is 12.7. The standard InChI is InChI=1S/C29H31ClN2O2/c1-20-26(31-29(33)34-18-8-15-30)19-25-23(21-9-4-2-5-10-21)13-16-32-17-14-24(27(20)28(25)32)22-11-6-3-7-12-22/h2-7,9-12,19,23-24H,8,13-18H2,1H3,(H,31,33)/t23-,24-/m0/s1. The fourth-order valence-electron chi connectivity index (χ4n) is 5.61. The predicted octanol–water partition coefficient (Wildman–Crippen LogP) is 7.05. The van der Waals surface area contributed by atoms with Gasteiger partial charge in [0.05, 0.1) is 6.61 Å². The van der Waals surface area contributed by atoms with Crippen molar-refractivity contribution in [1.82, 2.24) is 0 Å². The number of hydrogen-bond donors (Lipinski definition) is 1. The van der Waals surface area contributed by atoms with Gasteiger partial charge in [-0.15, -0.1) is 11.6 Å². The lowest BCUT2D eigenvalue weighted by atomic mass is 9.74. The topological polar surface area (TPSA) is 41.6 Å². The molecule has 34 heavy (non-hydrogen) atoms. The number of nitrogens with zero attached hydrogens (tertiary/aromatic N) is 1. The van der Waals surface area contributed by atoms with Crippen LogP contribution in [0.1, 0.15) is 58.9 Å². The molecule has 0 saturated heterocycles. The molecule has 2 aliphatic heterocycles. The van der Waals surface area contributed by atoms with E-state index in [-0.39, 0.29) is 0 Å². The highest BCUT2D eigenvalue weighted by Crippen LogP contribution is 2.51. The van der Waals surface area contributed by atoms with Crippen molar-refractivity contribution in [2.24, 2.45) is 0 Å². The van der Waals surface area contributed by atoms with Crippen LogP contribution in [0.4, 0.5) is 16.2 Å². The summed E-state index contributed by atoms with van der Waals surface area (Å²) in [7, 11) is 0. The van der Waals surface area contributed by atoms with Crippen LogP contribution < -0.4 is 10.2 Å². The van der Waals surface area contributed by atoms with Gasteiger partial charge in [0.15, 0.2) is 0 Å². The van der Waals surface area contributed by atoms with Gasteiger partial charge in [-0.1, -0.05) is 60.7 Å². The van der Waals surface area contributed by atoms with Crippen molar-refractivity contribution in [2.45, 2.75) is 38.0 Å². The van der Waals surface area contributed by atoms with Crippen molar-refractivity contribution in [3.05, 3.63) is 94.5 Å². The zero-order chi connectivity index (χ0) is 23.5. The van der Waals surface area contributed by atoms with Gasteiger partial charge in [0.25, 0.3) is 0 Å². The van der Waals surface area contributed by atoms with Gasteiger partial charge in [-0.05, 0) is 60.1 Å². The van der Waals surface area contributed by atoms with E-state index in [1.165, 1.54) is 27.9 Å². The molecule has 0 aliphatic carbocycles. The maximum absolute atomic E-state index is 12.6. The summed E-state index contributed by atoms with van der Waals surface area (Å²) < 4.78 is 5.37. The van der Waals surface area contributed by atoms with Gasteiger partial charge in [-0.3, -0.25) is 5.32 Å². The van der Waals surface area contributed by atoms with Gasteiger partial charge in [0, 0.05) is 42.2 Å². The Kier molecular flexibility index (Phi) is 6.77. The van der Waals surface area contributed by atoms with E-state index in [1.807, 2.05) is 0 Å². The summed E-state index contributed by atoms with van der Waals surface area (Å²) in [5.41, 5.74) is 8.62. The Hall–Kier alpha value is -2.98. The predicted molar refractivity (Wildman–Crippen MR) is 140 cm³/mol. The highest BCUT2D eigenvalue weighted by molar-refractivity contribution is 6.17. The Morgan fingerprint density at radius 1 is 1.00 bits per heavy atom. The van der Waals surface area contributed by atoms with Crippen LogP contribution in [0.3, 0.4) is 0 Å². The van der Waals surface area contributed by atoms with Gasteiger partial charge in [-0.25, -0.2) is 4.79 Å². The van der Waals surface area contributed by atoms with Crippen LogP contribution in [0.2, 0.25) is 0 Å². The number of rotatable bonds is 6. The zero-order valence-corrected chi connectivity index (χ0v) is 20.4. The molecule has 0 saturated carbocycles. The quantitative estimate of drug-likeness (QED) is 0.307. The molecule has 0 unspecified atom stereocenters. The van der Waals surface area contributed by atoms with Crippen LogP contribution in [-0.4, -0.2) is 31.7 Å². The molecule has 1 amide bonds. The number of ether oxygens (including phenoxy) is 1. The molecule has 0 spiro atoms. The Bertz CT molecular complexity index is 1150. The molecule has 5 rings (SSSR count). The maximum Gasteiger partial charge on any atom is 0.411 e. The van der Waals surface area contributed by atoms with Crippen LogP contribution in [-0.2, 0) is 4.74 Å². The Balaban J connectivity index is 1.63. The maximum atomic E-state index is 12.6. The summed E-state index contributed by atoms with van der Waals surface area (Å²) in [4.78, 5) is 15.2. The molecular formula is C29H31ClN2O2. The minimum atomic E-state index is -0.420. The lowest BCUT2D eigenvalue weighted by molar-refractivity contribution is 0.162. The molecule has 2 heterocycles. The summed E-state index contributed by atoms with van der Waals surface area (Å²) >= 11 is 5.74. The van der Waals surface area contributed by atoms with Crippen molar-refractivity contribution >= 4 is 29.1 Å². The third-order valence-corrected chi connectivity index (χ3v) is 7.47. The molecular weight excluding hydrogens is 444 g/mol. The van der Waals surface area contributed by atoms with E-state index >= 15 is 0 Å². The molecule has 0 bridgehead atoms. The number of hydrogen-bond acceptors (Lipinski definition) is 3. The van der Waals surface area contributed by atoms with Crippen LogP contribution in [0.15, 0.2) is 66.7 Å². The summed E-state index contributed by atoms with van der Waals surface area (Å²) in [6.45, 7) is 4.55. The molecule has 2 aliphatic rings. The smallest absolute Gasteiger partial charge is 0.411 e. The molecule has 1 N–H and O–H groups in total. The number of alkyl halides is 1. The SMILES string of the molecule is Cc1c(NC(=O)OCCCCl)cc2c3c1[C@H](c1ccccc1)CCN3CC[C@H]2c1ccccc1. The monoisotopic (exact) mass is 474 g/mol. The summed E-state index contributed by atoms with van der Waals surface area (Å²) in [5.74, 6) is 1.08. The van der Waals surface area contributed by atoms with E-state index in [2.05, 4.69) is 83.9 Å². The minimum absolute atomic E-state index is 0.300. The first-order chi connectivity index (χ1) is 16.7. The van der Waals surface area contributed by atoms with Gasteiger partial charge >= 0.3 is 6.09 Å². The minimum Gasteiger partial charge on any atom is -0.449 e. The number of nitrogens with one attached hydrogen (secondary N) is 1. The van der Waals surface area contributed by atoms with Crippen molar-refractivity contribution in [2.75, 3.05) is 35.8 Å². The number of anilines is 2. The van der Waals surface area contributed by atoms with Crippen LogP contribution in [0.5, 0.6) is 0 Å². The second-order valence-electron chi connectivity index (χ2n) is 9.20. The van der Waals surface area contributed by atoms with E-state index in [9.17, 15) is 4.79 Å². The molecule has 3 aromatic rings. The molecule has 0 radical (unpaired) electrons. The number of carbonyl (C=O) groups excluding carboxylic acids is 1. The largest absolute Gasteiger partial charge is 0.449 e. The number of benzene rings is 3. The second kappa shape index (κ2) is 10.1. The zero-order valence-electron chi connectivity index (χ0n) is 19.6. The van der Waals surface area contributed by atoms with Gasteiger partial charge in [0.1, 0.15) is 0 Å². The third kappa shape index (κ3) is 4.39. The van der Waals surface area contributed by atoms with E-state index in [0.717, 1.165) is 37.2 Å². The van der Waals surface area contributed by atoms with Crippen molar-refractivity contribution in [1.29, 1.82) is 0 Å². The van der Waals surface area contributed by atoms with Crippen LogP contribution in [0, 0.1) is 6.92 Å². The normalized spacial score (nSPS) is 18.8. The average Bonchev–Trinajstić information content (AvgIpc) is 2.88. The number of amides is 1. The molecule has 4 nitrogen and oxygen atoms in total. The number of carbonyl (C=O) groups is 1. The van der Waals surface area contributed by atoms with Gasteiger partial charge in [-0.2, -0.15) is 0 Å². The molecule has 3 aromatic carbocycles. The average molecular weight is 475 g/mol. The molecule has 176 valence electrons. The van der Waals surface area contributed by atoms with E-state index < -0.39 is 6.09 Å². The molecule has 5 heteroatoms. The van der Waals surface area contributed by atoms with Crippen molar-refractivity contribution < 1.29 is 9.53 Å². The summed E-state index contributed by atoms with van der Waals surface area (Å²) in [6, 6.07) is 23.7.